The van der Waals surface area contributed by atoms with Crippen molar-refractivity contribution < 1.29 is 17.9 Å². The maximum absolute atomic E-state index is 12.9. The Balaban J connectivity index is 2.80. The fourth-order valence-corrected chi connectivity index (χ4v) is 2.47. The first kappa shape index (κ1) is 16.4. The molecule has 0 aliphatic rings. The highest BCUT2D eigenvalue weighted by Gasteiger charge is 2.37. The molecule has 110 valence electrons. The lowest BCUT2D eigenvalue weighted by molar-refractivity contribution is -0.141. The highest BCUT2D eigenvalue weighted by molar-refractivity contribution is 7.11. The molecule has 1 aromatic heterocycles. The van der Waals surface area contributed by atoms with E-state index in [-0.39, 0.29) is 17.5 Å². The van der Waals surface area contributed by atoms with Crippen molar-refractivity contribution in [2.75, 3.05) is 13.2 Å². The molecule has 1 N–H and O–H groups in total. The number of alkyl halides is 3. The Morgan fingerprint density at radius 2 is 2.05 bits per heavy atom. The molecule has 7 heteroatoms. The summed E-state index contributed by atoms with van der Waals surface area (Å²) in [4.78, 5) is 3.95. The lowest BCUT2D eigenvalue weighted by Crippen LogP contribution is -2.23. The molecule has 0 saturated heterocycles. The molecule has 0 spiro atoms. The van der Waals surface area contributed by atoms with Gasteiger partial charge in [-0.25, -0.2) is 4.98 Å². The second kappa shape index (κ2) is 7.21. The Morgan fingerprint density at radius 1 is 1.37 bits per heavy atom. The van der Waals surface area contributed by atoms with Gasteiger partial charge in [-0.1, -0.05) is 13.8 Å². The van der Waals surface area contributed by atoms with Gasteiger partial charge in [0.25, 0.3) is 0 Å². The van der Waals surface area contributed by atoms with Crippen LogP contribution >= 0.6 is 11.3 Å². The molecule has 0 bridgehead atoms. The number of halogens is 3. The fourth-order valence-electron chi connectivity index (χ4n) is 1.45. The topological polar surface area (TPSA) is 34.1 Å². The van der Waals surface area contributed by atoms with Crippen molar-refractivity contribution >= 4 is 11.3 Å². The molecule has 3 nitrogen and oxygen atoms in total. The van der Waals surface area contributed by atoms with E-state index in [1.165, 1.54) is 0 Å². The summed E-state index contributed by atoms with van der Waals surface area (Å²) in [6.45, 7) is 6.78. The second-order valence-electron chi connectivity index (χ2n) is 4.36. The molecular weight excluding hydrogens is 277 g/mol. The van der Waals surface area contributed by atoms with Gasteiger partial charge in [-0.15, -0.1) is 11.3 Å². The predicted octanol–water partition coefficient (Wildman–Crippen LogP) is 3.24. The van der Waals surface area contributed by atoms with Crippen LogP contribution < -0.4 is 5.32 Å². The van der Waals surface area contributed by atoms with Crippen LogP contribution in [0, 0.1) is 0 Å². The zero-order valence-electron chi connectivity index (χ0n) is 11.3. The smallest absolute Gasteiger partial charge is 0.381 e. The van der Waals surface area contributed by atoms with Crippen LogP contribution in [0.4, 0.5) is 13.2 Å². The molecule has 0 atom stereocenters. The Morgan fingerprint density at radius 3 is 2.58 bits per heavy atom. The molecule has 0 aliphatic carbocycles. The van der Waals surface area contributed by atoms with E-state index in [1.54, 1.807) is 0 Å². The summed E-state index contributed by atoms with van der Waals surface area (Å²) >= 11 is 1.11. The molecule has 0 aliphatic heterocycles. The van der Waals surface area contributed by atoms with Crippen LogP contribution in [0.25, 0.3) is 0 Å². The average molecular weight is 296 g/mol. The third-order valence-corrected chi connectivity index (χ3v) is 3.46. The van der Waals surface area contributed by atoms with Crippen LogP contribution in [0.1, 0.15) is 36.3 Å². The third-order valence-electron chi connectivity index (χ3n) is 2.35. The van der Waals surface area contributed by atoms with Gasteiger partial charge in [0, 0.05) is 25.6 Å². The quantitative estimate of drug-likeness (QED) is 0.784. The highest BCUT2D eigenvalue weighted by Crippen LogP contribution is 2.34. The standard InChI is InChI=1S/C12H19F3N2OS/c1-4-18-6-5-10-17-11(12(13,14)15)9(19-10)7-16-8(2)3/h8,16H,4-7H2,1-3H3. The first-order chi connectivity index (χ1) is 8.84. The number of hydrogen-bond donors (Lipinski definition) is 1. The summed E-state index contributed by atoms with van der Waals surface area (Å²) in [6.07, 6.45) is -3.97. The molecule has 0 amide bonds. The zero-order chi connectivity index (χ0) is 14.5. The first-order valence-electron chi connectivity index (χ1n) is 6.21. The van der Waals surface area contributed by atoms with Gasteiger partial charge < -0.3 is 10.1 Å². The van der Waals surface area contributed by atoms with Crippen molar-refractivity contribution in [1.82, 2.24) is 10.3 Å². The molecule has 0 unspecified atom stereocenters. The molecule has 1 heterocycles. The second-order valence-corrected chi connectivity index (χ2v) is 5.53. The lowest BCUT2D eigenvalue weighted by atomic mass is 10.3. The van der Waals surface area contributed by atoms with Crippen LogP contribution in [-0.2, 0) is 23.9 Å². The van der Waals surface area contributed by atoms with Gasteiger partial charge in [0.2, 0.25) is 0 Å². The van der Waals surface area contributed by atoms with Crippen molar-refractivity contribution in [3.05, 3.63) is 15.6 Å². The van der Waals surface area contributed by atoms with Crippen LogP contribution in [0.5, 0.6) is 0 Å². The summed E-state index contributed by atoms with van der Waals surface area (Å²) in [5.41, 5.74) is -0.767. The number of rotatable bonds is 7. The highest BCUT2D eigenvalue weighted by atomic mass is 32.1. The third kappa shape index (κ3) is 5.46. The van der Waals surface area contributed by atoms with Crippen molar-refractivity contribution in [2.45, 2.75) is 46.0 Å². The average Bonchev–Trinajstić information content (AvgIpc) is 2.70. The Labute approximate surface area is 115 Å². The molecule has 0 radical (unpaired) electrons. The van der Waals surface area contributed by atoms with Crippen molar-refractivity contribution in [3.8, 4) is 0 Å². The van der Waals surface area contributed by atoms with Crippen LogP contribution in [-0.4, -0.2) is 24.2 Å². The van der Waals surface area contributed by atoms with E-state index in [1.807, 2.05) is 20.8 Å². The summed E-state index contributed by atoms with van der Waals surface area (Å²) in [5, 5.41) is 3.47. The van der Waals surface area contributed by atoms with E-state index < -0.39 is 11.9 Å². The first-order valence-corrected chi connectivity index (χ1v) is 7.03. The van der Waals surface area contributed by atoms with Gasteiger partial charge in [0.1, 0.15) is 0 Å². The van der Waals surface area contributed by atoms with E-state index in [0.29, 0.717) is 24.6 Å². The number of nitrogens with zero attached hydrogens (tertiary/aromatic N) is 1. The zero-order valence-corrected chi connectivity index (χ0v) is 12.1. The largest absolute Gasteiger partial charge is 0.434 e. The molecule has 1 rings (SSSR count). The van der Waals surface area contributed by atoms with Gasteiger partial charge in [-0.05, 0) is 6.92 Å². The molecule has 0 fully saturated rings. The number of nitrogens with one attached hydrogen (secondary N) is 1. The van der Waals surface area contributed by atoms with Crippen molar-refractivity contribution in [2.24, 2.45) is 0 Å². The van der Waals surface area contributed by atoms with Gasteiger partial charge in [0.15, 0.2) is 5.69 Å². The van der Waals surface area contributed by atoms with Crippen molar-refractivity contribution in [1.29, 1.82) is 0 Å². The maximum Gasteiger partial charge on any atom is 0.434 e. The molecular formula is C12H19F3N2OS. The fraction of sp³-hybridized carbons (Fsp3) is 0.750. The monoisotopic (exact) mass is 296 g/mol. The molecule has 1 aromatic rings. The van der Waals surface area contributed by atoms with Crippen LogP contribution in [0.3, 0.4) is 0 Å². The molecule has 0 aromatic carbocycles. The Bertz CT molecular complexity index is 391. The normalized spacial score (nSPS) is 12.4. The summed E-state index contributed by atoms with van der Waals surface area (Å²) in [5.74, 6) is 0. The lowest BCUT2D eigenvalue weighted by Gasteiger charge is -2.09. The summed E-state index contributed by atoms with van der Waals surface area (Å²) < 4.78 is 43.7. The number of hydrogen-bond acceptors (Lipinski definition) is 4. The summed E-state index contributed by atoms with van der Waals surface area (Å²) in [7, 11) is 0. The van der Waals surface area contributed by atoms with Gasteiger partial charge >= 0.3 is 6.18 Å². The van der Waals surface area contributed by atoms with E-state index in [0.717, 1.165) is 11.3 Å². The minimum absolute atomic E-state index is 0.134. The van der Waals surface area contributed by atoms with E-state index in [4.69, 9.17) is 4.74 Å². The van der Waals surface area contributed by atoms with Gasteiger partial charge in [-0.2, -0.15) is 13.2 Å². The predicted molar refractivity (Wildman–Crippen MR) is 69.3 cm³/mol. The minimum atomic E-state index is -4.39. The number of ether oxygens (including phenoxy) is 1. The van der Waals surface area contributed by atoms with Gasteiger partial charge in [0.05, 0.1) is 16.5 Å². The summed E-state index contributed by atoms with van der Waals surface area (Å²) in [6, 6.07) is 0.134. The Hall–Kier alpha value is -0.660. The SMILES string of the molecule is CCOCCc1nc(C(F)(F)F)c(CNC(C)C)s1. The van der Waals surface area contributed by atoms with Crippen molar-refractivity contribution in [3.63, 3.8) is 0 Å². The molecule has 19 heavy (non-hydrogen) atoms. The van der Waals surface area contributed by atoms with E-state index in [9.17, 15) is 13.2 Å². The maximum atomic E-state index is 12.9. The Kier molecular flexibility index (Phi) is 6.22. The van der Waals surface area contributed by atoms with E-state index in [2.05, 4.69) is 10.3 Å². The van der Waals surface area contributed by atoms with Crippen LogP contribution in [0.2, 0.25) is 0 Å². The number of thiazole rings is 1. The molecule has 0 saturated carbocycles. The van der Waals surface area contributed by atoms with Gasteiger partial charge in [-0.3, -0.25) is 0 Å². The number of aromatic nitrogens is 1. The van der Waals surface area contributed by atoms with Crippen LogP contribution in [0.15, 0.2) is 0 Å². The van der Waals surface area contributed by atoms with E-state index >= 15 is 0 Å². The minimum Gasteiger partial charge on any atom is -0.381 e.